The molecule has 0 amide bonds. The predicted molar refractivity (Wildman–Crippen MR) is 88.3 cm³/mol. The Balaban J connectivity index is 1.81. The van der Waals surface area contributed by atoms with Gasteiger partial charge in [-0.25, -0.2) is 0 Å². The minimum atomic E-state index is 0.577. The molecule has 2 heteroatoms. The molecule has 1 aliphatic carbocycles. The lowest BCUT2D eigenvalue weighted by Crippen LogP contribution is -2.21. The first-order valence-corrected chi connectivity index (χ1v) is 8.56. The maximum atomic E-state index is 3.65. The van der Waals surface area contributed by atoms with Gasteiger partial charge in [0.1, 0.15) is 0 Å². The summed E-state index contributed by atoms with van der Waals surface area (Å²) in [5.41, 5.74) is 2.76. The Morgan fingerprint density at radius 2 is 1.85 bits per heavy atom. The predicted octanol–water partition coefficient (Wildman–Crippen LogP) is 5.04. The van der Waals surface area contributed by atoms with Crippen molar-refractivity contribution in [3.63, 3.8) is 0 Å². The highest BCUT2D eigenvalue weighted by molar-refractivity contribution is 7.15. The van der Waals surface area contributed by atoms with Gasteiger partial charge < -0.3 is 5.32 Å². The summed E-state index contributed by atoms with van der Waals surface area (Å²) < 4.78 is 0. The first kappa shape index (κ1) is 13.8. The molecule has 0 bridgehead atoms. The third kappa shape index (κ3) is 2.97. The van der Waals surface area contributed by atoms with Crippen LogP contribution in [-0.4, -0.2) is 6.54 Å². The molecule has 0 aliphatic heterocycles. The molecule has 1 N–H and O–H groups in total. The molecule has 1 heterocycles. The lowest BCUT2D eigenvalue weighted by Gasteiger charge is -2.15. The molecule has 1 fully saturated rings. The standard InChI is InChI=1S/C18H23NS/c1-3-13-5-7-14(8-6-13)16-11-12-17(20-16)18(19-4-2)15-9-10-15/h5-8,11-12,15,18-19H,3-4,9-10H2,1-2H3. The third-order valence-electron chi connectivity index (χ3n) is 4.10. The Bertz CT molecular complexity index is 551. The van der Waals surface area contributed by atoms with Gasteiger partial charge in [0.25, 0.3) is 0 Å². The number of aryl methyl sites for hydroxylation is 1. The fourth-order valence-corrected chi connectivity index (χ4v) is 3.91. The maximum absolute atomic E-state index is 3.65. The van der Waals surface area contributed by atoms with Crippen LogP contribution in [0.2, 0.25) is 0 Å². The van der Waals surface area contributed by atoms with Gasteiger partial charge in [-0.1, -0.05) is 38.1 Å². The summed E-state index contributed by atoms with van der Waals surface area (Å²) in [6, 6.07) is 14.2. The molecule has 1 aromatic heterocycles. The Morgan fingerprint density at radius 3 is 2.45 bits per heavy atom. The number of benzene rings is 1. The molecule has 2 aromatic rings. The summed E-state index contributed by atoms with van der Waals surface area (Å²) in [4.78, 5) is 2.90. The van der Waals surface area contributed by atoms with E-state index in [0.717, 1.165) is 18.9 Å². The normalized spacial score (nSPS) is 16.3. The Hall–Kier alpha value is -1.12. The van der Waals surface area contributed by atoms with Crippen molar-refractivity contribution in [2.24, 2.45) is 5.92 Å². The minimum Gasteiger partial charge on any atom is -0.309 e. The van der Waals surface area contributed by atoms with Gasteiger partial charge in [-0.3, -0.25) is 0 Å². The molecular formula is C18H23NS. The highest BCUT2D eigenvalue weighted by Gasteiger charge is 2.32. The van der Waals surface area contributed by atoms with Crippen molar-refractivity contribution in [1.29, 1.82) is 0 Å². The third-order valence-corrected chi connectivity index (χ3v) is 5.31. The maximum Gasteiger partial charge on any atom is 0.0443 e. The fourth-order valence-electron chi connectivity index (χ4n) is 2.73. The van der Waals surface area contributed by atoms with Crippen LogP contribution in [0.15, 0.2) is 36.4 Å². The van der Waals surface area contributed by atoms with Crippen molar-refractivity contribution in [2.75, 3.05) is 6.54 Å². The molecule has 1 aliphatic rings. The summed E-state index contributed by atoms with van der Waals surface area (Å²) in [5, 5.41) is 3.65. The van der Waals surface area contributed by atoms with Crippen LogP contribution in [0.3, 0.4) is 0 Å². The average molecular weight is 285 g/mol. The molecular weight excluding hydrogens is 262 g/mol. The molecule has 1 unspecified atom stereocenters. The van der Waals surface area contributed by atoms with Crippen LogP contribution in [0, 0.1) is 5.92 Å². The minimum absolute atomic E-state index is 0.577. The number of thiophene rings is 1. The smallest absolute Gasteiger partial charge is 0.0443 e. The highest BCUT2D eigenvalue weighted by Crippen LogP contribution is 2.44. The van der Waals surface area contributed by atoms with Gasteiger partial charge in [0.15, 0.2) is 0 Å². The van der Waals surface area contributed by atoms with E-state index in [1.54, 1.807) is 0 Å². The first-order chi connectivity index (χ1) is 9.81. The van der Waals surface area contributed by atoms with Gasteiger partial charge in [-0.05, 0) is 55.0 Å². The van der Waals surface area contributed by atoms with Gasteiger partial charge in [0.05, 0.1) is 0 Å². The van der Waals surface area contributed by atoms with E-state index in [4.69, 9.17) is 0 Å². The van der Waals surface area contributed by atoms with Crippen LogP contribution in [0.5, 0.6) is 0 Å². The van der Waals surface area contributed by atoms with Gasteiger partial charge in [-0.2, -0.15) is 0 Å². The summed E-state index contributed by atoms with van der Waals surface area (Å²) in [7, 11) is 0. The number of rotatable bonds is 6. The summed E-state index contributed by atoms with van der Waals surface area (Å²) in [6.45, 7) is 5.46. The van der Waals surface area contributed by atoms with Gasteiger partial charge >= 0.3 is 0 Å². The van der Waals surface area contributed by atoms with E-state index >= 15 is 0 Å². The van der Waals surface area contributed by atoms with Gasteiger partial charge in [-0.15, -0.1) is 11.3 Å². The van der Waals surface area contributed by atoms with Crippen molar-refractivity contribution in [3.8, 4) is 10.4 Å². The van der Waals surface area contributed by atoms with E-state index in [1.807, 2.05) is 11.3 Å². The van der Waals surface area contributed by atoms with Crippen LogP contribution in [0.25, 0.3) is 10.4 Å². The second-order valence-corrected chi connectivity index (χ2v) is 6.74. The molecule has 3 rings (SSSR count). The zero-order valence-electron chi connectivity index (χ0n) is 12.4. The zero-order valence-corrected chi connectivity index (χ0v) is 13.2. The fraction of sp³-hybridized carbons (Fsp3) is 0.444. The van der Waals surface area contributed by atoms with Crippen LogP contribution in [0.1, 0.15) is 43.2 Å². The largest absolute Gasteiger partial charge is 0.309 e. The van der Waals surface area contributed by atoms with E-state index in [1.165, 1.54) is 33.7 Å². The van der Waals surface area contributed by atoms with Gasteiger partial charge in [0, 0.05) is 15.8 Å². The molecule has 0 saturated heterocycles. The molecule has 20 heavy (non-hydrogen) atoms. The molecule has 1 aromatic carbocycles. The zero-order chi connectivity index (χ0) is 13.9. The van der Waals surface area contributed by atoms with E-state index in [9.17, 15) is 0 Å². The van der Waals surface area contributed by atoms with Crippen LogP contribution in [0.4, 0.5) is 0 Å². The topological polar surface area (TPSA) is 12.0 Å². The molecule has 0 spiro atoms. The highest BCUT2D eigenvalue weighted by atomic mass is 32.1. The molecule has 106 valence electrons. The van der Waals surface area contributed by atoms with E-state index in [0.29, 0.717) is 6.04 Å². The van der Waals surface area contributed by atoms with Crippen LogP contribution < -0.4 is 5.32 Å². The Morgan fingerprint density at radius 1 is 1.10 bits per heavy atom. The second-order valence-electron chi connectivity index (χ2n) is 5.63. The molecule has 1 nitrogen and oxygen atoms in total. The number of hydrogen-bond donors (Lipinski definition) is 1. The van der Waals surface area contributed by atoms with E-state index < -0.39 is 0 Å². The quantitative estimate of drug-likeness (QED) is 0.784. The number of nitrogens with one attached hydrogen (secondary N) is 1. The van der Waals surface area contributed by atoms with Crippen molar-refractivity contribution in [2.45, 2.75) is 39.2 Å². The summed E-state index contributed by atoms with van der Waals surface area (Å²) in [5.74, 6) is 0.865. The summed E-state index contributed by atoms with van der Waals surface area (Å²) in [6.07, 6.45) is 3.88. The molecule has 1 saturated carbocycles. The number of hydrogen-bond acceptors (Lipinski definition) is 2. The van der Waals surface area contributed by atoms with E-state index in [2.05, 4.69) is 55.6 Å². The first-order valence-electron chi connectivity index (χ1n) is 7.74. The van der Waals surface area contributed by atoms with Crippen LogP contribution >= 0.6 is 11.3 Å². The average Bonchev–Trinajstić information content (AvgIpc) is 3.21. The lowest BCUT2D eigenvalue weighted by atomic mass is 10.1. The molecule has 0 radical (unpaired) electrons. The monoisotopic (exact) mass is 285 g/mol. The second kappa shape index (κ2) is 6.11. The Labute approximate surface area is 126 Å². The lowest BCUT2D eigenvalue weighted by molar-refractivity contribution is 0.504. The summed E-state index contributed by atoms with van der Waals surface area (Å²) >= 11 is 1.95. The Kier molecular flexibility index (Phi) is 4.23. The van der Waals surface area contributed by atoms with Crippen LogP contribution in [-0.2, 0) is 6.42 Å². The van der Waals surface area contributed by atoms with Crippen molar-refractivity contribution in [3.05, 3.63) is 46.8 Å². The van der Waals surface area contributed by atoms with Crippen molar-refractivity contribution in [1.82, 2.24) is 5.32 Å². The van der Waals surface area contributed by atoms with Gasteiger partial charge in [0.2, 0.25) is 0 Å². The molecule has 1 atom stereocenters. The van der Waals surface area contributed by atoms with E-state index in [-0.39, 0.29) is 0 Å². The van der Waals surface area contributed by atoms with Crippen molar-refractivity contribution >= 4 is 11.3 Å². The van der Waals surface area contributed by atoms with Crippen molar-refractivity contribution < 1.29 is 0 Å². The SMILES string of the molecule is CCNC(c1ccc(-c2ccc(CC)cc2)s1)C1CC1.